The predicted molar refractivity (Wildman–Crippen MR) is 103 cm³/mol. The molecular weight excluding hydrogens is 349 g/mol. The van der Waals surface area contributed by atoms with Crippen LogP contribution in [0.15, 0.2) is 46.9 Å². The third kappa shape index (κ3) is 4.07. The molecule has 0 bridgehead atoms. The zero-order valence-corrected chi connectivity index (χ0v) is 16.3. The van der Waals surface area contributed by atoms with Crippen LogP contribution in [0.25, 0.3) is 22.6 Å². The van der Waals surface area contributed by atoms with Gasteiger partial charge in [0.25, 0.3) is 0 Å². The minimum atomic E-state index is -3.10. The summed E-state index contributed by atoms with van der Waals surface area (Å²) in [5, 5.41) is 0. The van der Waals surface area contributed by atoms with E-state index in [1.165, 1.54) is 0 Å². The molecule has 0 unspecified atom stereocenters. The van der Waals surface area contributed by atoms with Gasteiger partial charge in [-0.3, -0.25) is 4.57 Å². The van der Waals surface area contributed by atoms with Crippen molar-refractivity contribution in [1.29, 1.82) is 0 Å². The fourth-order valence-corrected chi connectivity index (χ4v) is 4.61. The van der Waals surface area contributed by atoms with Gasteiger partial charge in [0.2, 0.25) is 5.89 Å². The van der Waals surface area contributed by atoms with Gasteiger partial charge in [-0.25, -0.2) is 4.98 Å². The van der Waals surface area contributed by atoms with Gasteiger partial charge in [-0.2, -0.15) is 0 Å². The molecule has 6 heteroatoms. The second-order valence-electron chi connectivity index (χ2n) is 5.94. The van der Waals surface area contributed by atoms with Crippen LogP contribution in [0.5, 0.6) is 0 Å². The fourth-order valence-electron chi connectivity index (χ4n) is 2.91. The number of para-hydroxylation sites is 1. The molecule has 0 spiro atoms. The first-order valence-electron chi connectivity index (χ1n) is 8.94. The van der Waals surface area contributed by atoms with Gasteiger partial charge in [0.05, 0.1) is 19.4 Å². The van der Waals surface area contributed by atoms with Crippen molar-refractivity contribution < 1.29 is 18.0 Å². The number of hydrogen-bond donors (Lipinski definition) is 0. The molecule has 138 valence electrons. The second-order valence-corrected chi connectivity index (χ2v) is 7.99. The van der Waals surface area contributed by atoms with Gasteiger partial charge >= 0.3 is 7.60 Å². The normalized spacial score (nSPS) is 12.0. The van der Waals surface area contributed by atoms with E-state index in [2.05, 4.69) is 18.0 Å². The number of nitrogens with zero attached hydrogens (tertiary/aromatic N) is 1. The molecular formula is C20H24NO4P. The van der Waals surface area contributed by atoms with Crippen LogP contribution in [0.3, 0.4) is 0 Å². The lowest BCUT2D eigenvalue weighted by molar-refractivity contribution is 0.219. The Hall–Kier alpha value is -1.94. The van der Waals surface area contributed by atoms with Crippen molar-refractivity contribution in [3.8, 4) is 11.5 Å². The van der Waals surface area contributed by atoms with E-state index in [-0.39, 0.29) is 6.16 Å². The Labute approximate surface area is 153 Å². The summed E-state index contributed by atoms with van der Waals surface area (Å²) in [6.45, 7) is 6.44. The first-order chi connectivity index (χ1) is 12.6. The monoisotopic (exact) mass is 373 g/mol. The highest BCUT2D eigenvalue weighted by atomic mass is 31.2. The number of rotatable bonds is 8. The van der Waals surface area contributed by atoms with Crippen molar-refractivity contribution in [2.75, 3.05) is 13.2 Å². The average Bonchev–Trinajstić information content (AvgIpc) is 3.06. The largest absolute Gasteiger partial charge is 0.436 e. The summed E-state index contributed by atoms with van der Waals surface area (Å²) in [4.78, 5) is 4.58. The third-order valence-electron chi connectivity index (χ3n) is 4.11. The summed E-state index contributed by atoms with van der Waals surface area (Å²) in [7, 11) is -3.10. The van der Waals surface area contributed by atoms with E-state index in [0.717, 1.165) is 34.2 Å². The molecule has 0 fully saturated rings. The van der Waals surface area contributed by atoms with Crippen LogP contribution in [0.2, 0.25) is 0 Å². The number of benzene rings is 2. The molecule has 0 saturated heterocycles. The Bertz CT molecular complexity index is 907. The van der Waals surface area contributed by atoms with Crippen LogP contribution in [0, 0.1) is 0 Å². The lowest BCUT2D eigenvalue weighted by atomic mass is 10.1. The van der Waals surface area contributed by atoms with Crippen LogP contribution in [-0.4, -0.2) is 18.2 Å². The molecule has 0 aliphatic carbocycles. The van der Waals surface area contributed by atoms with Crippen molar-refractivity contribution in [3.05, 3.63) is 53.6 Å². The van der Waals surface area contributed by atoms with Gasteiger partial charge in [-0.15, -0.1) is 0 Å². The van der Waals surface area contributed by atoms with E-state index >= 15 is 0 Å². The molecule has 0 atom stereocenters. The highest BCUT2D eigenvalue weighted by molar-refractivity contribution is 7.53. The highest BCUT2D eigenvalue weighted by Gasteiger charge is 2.24. The third-order valence-corrected chi connectivity index (χ3v) is 6.16. The molecule has 2 aromatic carbocycles. The Balaban J connectivity index is 1.84. The van der Waals surface area contributed by atoms with Crippen LogP contribution < -0.4 is 0 Å². The quantitative estimate of drug-likeness (QED) is 0.465. The molecule has 1 heterocycles. The zero-order chi connectivity index (χ0) is 18.6. The van der Waals surface area contributed by atoms with Gasteiger partial charge in [-0.05, 0) is 49.6 Å². The summed E-state index contributed by atoms with van der Waals surface area (Å²) in [6, 6.07) is 13.7. The van der Waals surface area contributed by atoms with E-state index in [1.54, 1.807) is 0 Å². The lowest BCUT2D eigenvalue weighted by Crippen LogP contribution is -1.99. The van der Waals surface area contributed by atoms with E-state index in [4.69, 9.17) is 13.5 Å². The standard InChI is InChI=1S/C20H24NO4P/c1-4-16-8-7-9-18-19(16)25-20(21-18)17-12-10-15(11-13-17)14-26(22,23-5-2)24-6-3/h7-13H,4-6,14H2,1-3H3. The molecule has 26 heavy (non-hydrogen) atoms. The first-order valence-corrected chi connectivity index (χ1v) is 10.7. The van der Waals surface area contributed by atoms with Gasteiger partial charge in [0, 0.05) is 5.56 Å². The van der Waals surface area contributed by atoms with E-state index in [1.807, 2.05) is 50.2 Å². The molecule has 1 aromatic heterocycles. The van der Waals surface area contributed by atoms with E-state index in [0.29, 0.717) is 19.1 Å². The molecule has 0 N–H and O–H groups in total. The number of aromatic nitrogens is 1. The van der Waals surface area contributed by atoms with Crippen LogP contribution in [0.1, 0.15) is 31.9 Å². The van der Waals surface area contributed by atoms with Gasteiger partial charge in [-0.1, -0.05) is 31.2 Å². The number of oxazole rings is 1. The SMILES string of the molecule is CCOP(=O)(Cc1ccc(-c2nc3cccc(CC)c3o2)cc1)OCC. The van der Waals surface area contributed by atoms with Crippen molar-refractivity contribution in [2.45, 2.75) is 33.4 Å². The predicted octanol–water partition coefficient (Wildman–Crippen LogP) is 5.82. The molecule has 3 rings (SSSR count). The Kier molecular flexibility index (Phi) is 5.92. The van der Waals surface area contributed by atoms with Crippen LogP contribution in [-0.2, 0) is 26.2 Å². The number of aryl methyl sites for hydroxylation is 1. The summed E-state index contributed by atoms with van der Waals surface area (Å²) in [5.41, 5.74) is 4.62. The lowest BCUT2D eigenvalue weighted by Gasteiger charge is -2.16. The molecule has 0 aliphatic heterocycles. The summed E-state index contributed by atoms with van der Waals surface area (Å²) < 4.78 is 29.3. The van der Waals surface area contributed by atoms with Crippen molar-refractivity contribution >= 4 is 18.7 Å². The smallest absolute Gasteiger partial charge is 0.335 e. The van der Waals surface area contributed by atoms with E-state index in [9.17, 15) is 4.57 Å². The first kappa shape index (κ1) is 18.8. The minimum Gasteiger partial charge on any atom is -0.436 e. The molecule has 0 amide bonds. The van der Waals surface area contributed by atoms with Crippen LogP contribution >= 0.6 is 7.60 Å². The average molecular weight is 373 g/mol. The zero-order valence-electron chi connectivity index (χ0n) is 15.4. The highest BCUT2D eigenvalue weighted by Crippen LogP contribution is 2.51. The van der Waals surface area contributed by atoms with Crippen LogP contribution in [0.4, 0.5) is 0 Å². The summed E-state index contributed by atoms with van der Waals surface area (Å²) in [5.74, 6) is 0.588. The van der Waals surface area contributed by atoms with Crippen molar-refractivity contribution in [2.24, 2.45) is 0 Å². The Morgan fingerprint density at radius 1 is 1.00 bits per heavy atom. The van der Waals surface area contributed by atoms with E-state index < -0.39 is 7.60 Å². The molecule has 0 radical (unpaired) electrons. The summed E-state index contributed by atoms with van der Waals surface area (Å²) >= 11 is 0. The summed E-state index contributed by atoms with van der Waals surface area (Å²) in [6.07, 6.45) is 1.15. The Morgan fingerprint density at radius 2 is 1.69 bits per heavy atom. The number of fused-ring (bicyclic) bond motifs is 1. The van der Waals surface area contributed by atoms with Gasteiger partial charge in [0.15, 0.2) is 5.58 Å². The maximum absolute atomic E-state index is 12.7. The Morgan fingerprint density at radius 3 is 2.31 bits per heavy atom. The second kappa shape index (κ2) is 8.17. The molecule has 3 aromatic rings. The molecule has 0 saturated carbocycles. The maximum atomic E-state index is 12.7. The minimum absolute atomic E-state index is 0.252. The number of hydrogen-bond acceptors (Lipinski definition) is 5. The molecule has 5 nitrogen and oxygen atoms in total. The van der Waals surface area contributed by atoms with Gasteiger partial charge < -0.3 is 13.5 Å². The van der Waals surface area contributed by atoms with Crippen molar-refractivity contribution in [1.82, 2.24) is 4.98 Å². The van der Waals surface area contributed by atoms with Crippen molar-refractivity contribution in [3.63, 3.8) is 0 Å². The van der Waals surface area contributed by atoms with Gasteiger partial charge in [0.1, 0.15) is 5.52 Å². The maximum Gasteiger partial charge on any atom is 0.335 e. The topological polar surface area (TPSA) is 61.6 Å². The molecule has 0 aliphatic rings. The fraction of sp³-hybridized carbons (Fsp3) is 0.350.